The minimum Gasteiger partial charge on any atom is -0.316 e. The predicted octanol–water partition coefficient (Wildman–Crippen LogP) is 1.87. The van der Waals surface area contributed by atoms with Crippen LogP contribution in [0.1, 0.15) is 17.0 Å². The van der Waals surface area contributed by atoms with E-state index in [1.807, 2.05) is 33.0 Å². The molecule has 0 atom stereocenters. The minimum atomic E-state index is 0.743. The number of aryl methyl sites for hydroxylation is 2. The van der Waals surface area contributed by atoms with E-state index in [0.29, 0.717) is 0 Å². The van der Waals surface area contributed by atoms with Gasteiger partial charge >= 0.3 is 0 Å². The van der Waals surface area contributed by atoms with Gasteiger partial charge in [0.05, 0.1) is 0 Å². The molecular weight excluding hydrogens is 212 g/mol. The zero-order chi connectivity index (χ0) is 12.3. The zero-order valence-corrected chi connectivity index (χ0v) is 10.4. The van der Waals surface area contributed by atoms with Crippen LogP contribution in [0.4, 0.5) is 0 Å². The van der Waals surface area contributed by atoms with Crippen molar-refractivity contribution in [3.05, 3.63) is 41.5 Å². The van der Waals surface area contributed by atoms with E-state index in [9.17, 15) is 0 Å². The van der Waals surface area contributed by atoms with Crippen LogP contribution in [-0.4, -0.2) is 22.0 Å². The Bertz CT molecular complexity index is 485. The number of aromatic nitrogens is 3. The number of rotatable bonds is 3. The van der Waals surface area contributed by atoms with Crippen molar-refractivity contribution in [2.24, 2.45) is 0 Å². The minimum absolute atomic E-state index is 0.743. The van der Waals surface area contributed by atoms with Crippen molar-refractivity contribution >= 4 is 0 Å². The van der Waals surface area contributed by atoms with Crippen LogP contribution in [-0.2, 0) is 6.54 Å². The topological polar surface area (TPSA) is 50.7 Å². The maximum Gasteiger partial charge on any atom is 0.161 e. The maximum absolute atomic E-state index is 4.53. The van der Waals surface area contributed by atoms with Gasteiger partial charge in [0.25, 0.3) is 0 Å². The molecule has 1 N–H and O–H groups in total. The van der Waals surface area contributed by atoms with E-state index < -0.39 is 0 Å². The van der Waals surface area contributed by atoms with Crippen LogP contribution in [0.3, 0.4) is 0 Å². The Morgan fingerprint density at radius 3 is 2.41 bits per heavy atom. The Morgan fingerprint density at radius 2 is 1.88 bits per heavy atom. The lowest BCUT2D eigenvalue weighted by molar-refractivity contribution is 0.787. The number of hydrogen-bond acceptors (Lipinski definition) is 4. The lowest BCUT2D eigenvalue weighted by atomic mass is 10.1. The Kier molecular flexibility index (Phi) is 3.44. The van der Waals surface area contributed by atoms with Gasteiger partial charge in [-0.05, 0) is 33.0 Å². The molecule has 2 rings (SSSR count). The molecule has 0 saturated carbocycles. The standard InChI is InChI=1S/C13H16N4/c1-9-12(8-14-3)10(2)17-13(16-9)11-5-4-6-15-7-11/h4-7,14H,8H2,1-3H3. The largest absolute Gasteiger partial charge is 0.316 e. The molecule has 0 spiro atoms. The molecule has 0 unspecified atom stereocenters. The normalized spacial score (nSPS) is 10.5. The van der Waals surface area contributed by atoms with Gasteiger partial charge in [-0.1, -0.05) is 0 Å². The van der Waals surface area contributed by atoms with Crippen LogP contribution in [0.5, 0.6) is 0 Å². The van der Waals surface area contributed by atoms with Gasteiger partial charge in [0, 0.05) is 41.5 Å². The average molecular weight is 228 g/mol. The highest BCUT2D eigenvalue weighted by Gasteiger charge is 2.08. The van der Waals surface area contributed by atoms with Crippen molar-refractivity contribution in [2.45, 2.75) is 20.4 Å². The highest BCUT2D eigenvalue weighted by atomic mass is 14.9. The van der Waals surface area contributed by atoms with Crippen LogP contribution >= 0.6 is 0 Å². The second kappa shape index (κ2) is 5.01. The fourth-order valence-electron chi connectivity index (χ4n) is 1.80. The smallest absolute Gasteiger partial charge is 0.161 e. The first-order valence-electron chi connectivity index (χ1n) is 5.61. The van der Waals surface area contributed by atoms with Gasteiger partial charge in [0.15, 0.2) is 5.82 Å². The summed E-state index contributed by atoms with van der Waals surface area (Å²) in [4.78, 5) is 13.2. The van der Waals surface area contributed by atoms with Crippen molar-refractivity contribution in [3.8, 4) is 11.4 Å². The van der Waals surface area contributed by atoms with E-state index in [1.165, 1.54) is 5.56 Å². The SMILES string of the molecule is CNCc1c(C)nc(-c2cccnc2)nc1C. The summed E-state index contributed by atoms with van der Waals surface area (Å²) >= 11 is 0. The predicted molar refractivity (Wildman–Crippen MR) is 67.5 cm³/mol. The second-order valence-electron chi connectivity index (χ2n) is 3.97. The van der Waals surface area contributed by atoms with Crippen molar-refractivity contribution in [1.82, 2.24) is 20.3 Å². The van der Waals surface area contributed by atoms with Gasteiger partial charge in [-0.3, -0.25) is 4.98 Å². The summed E-state index contributed by atoms with van der Waals surface area (Å²) in [7, 11) is 1.92. The molecule has 0 aromatic carbocycles. The number of nitrogens with zero attached hydrogens (tertiary/aromatic N) is 3. The Morgan fingerprint density at radius 1 is 1.18 bits per heavy atom. The monoisotopic (exact) mass is 228 g/mol. The fraction of sp³-hybridized carbons (Fsp3) is 0.308. The summed E-state index contributed by atoms with van der Waals surface area (Å²) in [6, 6.07) is 3.86. The summed E-state index contributed by atoms with van der Waals surface area (Å²) < 4.78 is 0. The Balaban J connectivity index is 2.46. The molecule has 2 aromatic rings. The molecule has 0 aliphatic heterocycles. The molecule has 2 aromatic heterocycles. The summed E-state index contributed by atoms with van der Waals surface area (Å²) in [5.41, 5.74) is 4.16. The van der Waals surface area contributed by atoms with Gasteiger partial charge < -0.3 is 5.32 Å². The van der Waals surface area contributed by atoms with Crippen molar-refractivity contribution in [1.29, 1.82) is 0 Å². The van der Waals surface area contributed by atoms with E-state index >= 15 is 0 Å². The lowest BCUT2D eigenvalue weighted by Crippen LogP contribution is -2.11. The van der Waals surface area contributed by atoms with E-state index in [0.717, 1.165) is 29.3 Å². The Labute approximate surface area is 101 Å². The van der Waals surface area contributed by atoms with E-state index in [4.69, 9.17) is 0 Å². The first-order chi connectivity index (χ1) is 8.22. The second-order valence-corrected chi connectivity index (χ2v) is 3.97. The summed E-state index contributed by atoms with van der Waals surface area (Å²) in [6.07, 6.45) is 3.53. The molecular formula is C13H16N4. The maximum atomic E-state index is 4.53. The van der Waals surface area contributed by atoms with Crippen LogP contribution in [0, 0.1) is 13.8 Å². The summed E-state index contributed by atoms with van der Waals surface area (Å²) in [6.45, 7) is 4.83. The third-order valence-corrected chi connectivity index (χ3v) is 2.69. The quantitative estimate of drug-likeness (QED) is 0.871. The third-order valence-electron chi connectivity index (χ3n) is 2.69. The van der Waals surface area contributed by atoms with E-state index in [1.54, 1.807) is 12.4 Å². The van der Waals surface area contributed by atoms with Gasteiger partial charge in [-0.2, -0.15) is 0 Å². The first-order valence-corrected chi connectivity index (χ1v) is 5.61. The molecule has 4 heteroatoms. The molecule has 4 nitrogen and oxygen atoms in total. The van der Waals surface area contributed by atoms with Crippen LogP contribution in [0.15, 0.2) is 24.5 Å². The van der Waals surface area contributed by atoms with Crippen molar-refractivity contribution < 1.29 is 0 Å². The average Bonchev–Trinajstić information content (AvgIpc) is 2.35. The molecule has 0 fully saturated rings. The fourth-order valence-corrected chi connectivity index (χ4v) is 1.80. The molecule has 0 saturated heterocycles. The number of nitrogens with one attached hydrogen (secondary N) is 1. The molecule has 0 aliphatic carbocycles. The van der Waals surface area contributed by atoms with Crippen molar-refractivity contribution in [3.63, 3.8) is 0 Å². The third kappa shape index (κ3) is 2.47. The zero-order valence-electron chi connectivity index (χ0n) is 10.4. The molecule has 0 bridgehead atoms. The molecule has 0 aliphatic rings. The van der Waals surface area contributed by atoms with Gasteiger partial charge in [0.1, 0.15) is 0 Å². The Hall–Kier alpha value is -1.81. The molecule has 0 amide bonds. The van der Waals surface area contributed by atoms with Crippen molar-refractivity contribution in [2.75, 3.05) is 7.05 Å². The molecule has 88 valence electrons. The molecule has 2 heterocycles. The van der Waals surface area contributed by atoms with Gasteiger partial charge in [-0.25, -0.2) is 9.97 Å². The number of pyridine rings is 1. The molecule has 17 heavy (non-hydrogen) atoms. The molecule has 0 radical (unpaired) electrons. The highest BCUT2D eigenvalue weighted by Crippen LogP contribution is 2.17. The van der Waals surface area contributed by atoms with Gasteiger partial charge in [0.2, 0.25) is 0 Å². The first kappa shape index (κ1) is 11.7. The highest BCUT2D eigenvalue weighted by molar-refractivity contribution is 5.54. The van der Waals surface area contributed by atoms with E-state index in [2.05, 4.69) is 20.3 Å². The van der Waals surface area contributed by atoms with Crippen LogP contribution in [0.25, 0.3) is 11.4 Å². The van der Waals surface area contributed by atoms with Crippen LogP contribution in [0.2, 0.25) is 0 Å². The summed E-state index contributed by atoms with van der Waals surface area (Å²) in [5.74, 6) is 0.743. The summed E-state index contributed by atoms with van der Waals surface area (Å²) in [5, 5.41) is 3.13. The van der Waals surface area contributed by atoms with Crippen LogP contribution < -0.4 is 5.32 Å². The van der Waals surface area contributed by atoms with Gasteiger partial charge in [-0.15, -0.1) is 0 Å². The number of hydrogen-bond donors (Lipinski definition) is 1. The lowest BCUT2D eigenvalue weighted by Gasteiger charge is -2.10. The van der Waals surface area contributed by atoms with E-state index in [-0.39, 0.29) is 0 Å².